The maximum atomic E-state index is 12.7. The molecule has 0 N–H and O–H groups in total. The molecule has 2 aliphatic heterocycles. The number of piperazine rings is 1. The molecule has 3 heterocycles. The van der Waals surface area contributed by atoms with Crippen molar-refractivity contribution in [3.8, 4) is 5.75 Å². The first kappa shape index (κ1) is 19.3. The summed E-state index contributed by atoms with van der Waals surface area (Å²) in [6.07, 6.45) is 3.18. The zero-order valence-corrected chi connectivity index (χ0v) is 17.0. The Balaban J connectivity index is 1.31. The number of benzene rings is 1. The quantitative estimate of drug-likeness (QED) is 0.751. The summed E-state index contributed by atoms with van der Waals surface area (Å²) < 4.78 is 30.9. The molecule has 1 amide bonds. The molecule has 2 saturated heterocycles. The van der Waals surface area contributed by atoms with Crippen LogP contribution in [0.3, 0.4) is 0 Å². The molecule has 2 fully saturated rings. The maximum Gasteiger partial charge on any atom is 0.224 e. The van der Waals surface area contributed by atoms with Gasteiger partial charge in [0.05, 0.1) is 24.1 Å². The Morgan fingerprint density at radius 3 is 2.64 bits per heavy atom. The van der Waals surface area contributed by atoms with Gasteiger partial charge < -0.3 is 14.2 Å². The van der Waals surface area contributed by atoms with Crippen molar-refractivity contribution in [3.63, 3.8) is 0 Å². The fraction of sp³-hybridized carbons (Fsp3) is 0.550. The summed E-state index contributed by atoms with van der Waals surface area (Å²) in [5.41, 5.74) is 1.07. The molecule has 0 saturated carbocycles. The van der Waals surface area contributed by atoms with Gasteiger partial charge in [0.1, 0.15) is 5.75 Å². The van der Waals surface area contributed by atoms with E-state index in [1.807, 2.05) is 35.4 Å². The maximum absolute atomic E-state index is 12.7. The highest BCUT2D eigenvalue weighted by Gasteiger charge is 2.34. The van der Waals surface area contributed by atoms with Gasteiger partial charge in [0.25, 0.3) is 0 Å². The van der Waals surface area contributed by atoms with Gasteiger partial charge in [0, 0.05) is 56.8 Å². The smallest absolute Gasteiger partial charge is 0.224 e. The summed E-state index contributed by atoms with van der Waals surface area (Å²) in [4.78, 5) is 16.8. The van der Waals surface area contributed by atoms with Crippen LogP contribution in [0.15, 0.2) is 30.5 Å². The van der Waals surface area contributed by atoms with E-state index in [2.05, 4.69) is 9.47 Å². The van der Waals surface area contributed by atoms with Gasteiger partial charge in [0.2, 0.25) is 5.91 Å². The van der Waals surface area contributed by atoms with E-state index in [1.54, 1.807) is 7.11 Å². The number of hydrogen-bond acceptors (Lipinski definition) is 5. The molecule has 2 aromatic rings. The lowest BCUT2D eigenvalue weighted by atomic mass is 10.2. The van der Waals surface area contributed by atoms with Crippen molar-refractivity contribution in [3.05, 3.63) is 30.5 Å². The lowest BCUT2D eigenvalue weighted by molar-refractivity contribution is -0.133. The highest BCUT2D eigenvalue weighted by molar-refractivity contribution is 7.91. The van der Waals surface area contributed by atoms with Crippen LogP contribution in [0.25, 0.3) is 10.9 Å². The van der Waals surface area contributed by atoms with E-state index < -0.39 is 9.84 Å². The number of carbonyl (C=O) groups is 1. The van der Waals surface area contributed by atoms with Crippen molar-refractivity contribution in [2.75, 3.05) is 44.8 Å². The second-order valence-electron chi connectivity index (χ2n) is 7.63. The number of carbonyl (C=O) groups excluding carboxylic acids is 1. The van der Waals surface area contributed by atoms with Crippen molar-refractivity contribution in [1.82, 2.24) is 14.4 Å². The second-order valence-corrected chi connectivity index (χ2v) is 9.85. The molecule has 28 heavy (non-hydrogen) atoms. The Bertz CT molecular complexity index is 961. The molecule has 152 valence electrons. The molecular formula is C20H27N3O4S. The van der Waals surface area contributed by atoms with Crippen molar-refractivity contribution >= 4 is 26.6 Å². The summed E-state index contributed by atoms with van der Waals surface area (Å²) in [7, 11) is -1.20. The lowest BCUT2D eigenvalue weighted by Gasteiger charge is -2.37. The molecule has 4 rings (SSSR count). The summed E-state index contributed by atoms with van der Waals surface area (Å²) >= 11 is 0. The normalized spacial score (nSPS) is 22.6. The third-order valence-electron chi connectivity index (χ3n) is 5.95. The van der Waals surface area contributed by atoms with Gasteiger partial charge in [0.15, 0.2) is 9.84 Å². The van der Waals surface area contributed by atoms with E-state index in [1.165, 1.54) is 0 Å². The highest BCUT2D eigenvalue weighted by atomic mass is 32.2. The molecular weight excluding hydrogens is 378 g/mol. The van der Waals surface area contributed by atoms with Crippen LogP contribution in [-0.2, 0) is 21.2 Å². The standard InChI is InChI=1S/C20H27N3O4S/c1-27-19-4-2-3-18-17(19)5-8-22(18)9-6-20(24)23-12-10-21(11-13-23)16-7-14-28(25,26)15-16/h2-5,8,16H,6-7,9-15H2,1H3/t16-/m0/s1. The van der Waals surface area contributed by atoms with Gasteiger partial charge in [-0.25, -0.2) is 8.42 Å². The van der Waals surface area contributed by atoms with Crippen LogP contribution in [0.4, 0.5) is 0 Å². The number of amides is 1. The first-order valence-corrected chi connectivity index (χ1v) is 11.6. The molecule has 2 aliphatic rings. The number of sulfone groups is 1. The van der Waals surface area contributed by atoms with Crippen molar-refractivity contribution in [1.29, 1.82) is 0 Å². The van der Waals surface area contributed by atoms with Crippen molar-refractivity contribution in [2.24, 2.45) is 0 Å². The fourth-order valence-electron chi connectivity index (χ4n) is 4.34. The topological polar surface area (TPSA) is 71.8 Å². The molecule has 8 heteroatoms. The second kappa shape index (κ2) is 7.75. The van der Waals surface area contributed by atoms with Crippen LogP contribution in [0.2, 0.25) is 0 Å². The number of rotatable bonds is 5. The Kier molecular flexibility index (Phi) is 5.33. The van der Waals surface area contributed by atoms with Gasteiger partial charge >= 0.3 is 0 Å². The third kappa shape index (κ3) is 3.89. The van der Waals surface area contributed by atoms with Crippen molar-refractivity contribution < 1.29 is 17.9 Å². The number of aromatic nitrogens is 1. The van der Waals surface area contributed by atoms with E-state index in [0.29, 0.717) is 31.8 Å². The number of nitrogens with zero attached hydrogens (tertiary/aromatic N) is 3. The van der Waals surface area contributed by atoms with Crippen LogP contribution in [0, 0.1) is 0 Å². The van der Waals surface area contributed by atoms with Crippen LogP contribution in [0.1, 0.15) is 12.8 Å². The SMILES string of the molecule is COc1cccc2c1ccn2CCC(=O)N1CCN([C@H]2CCS(=O)(=O)C2)CC1. The van der Waals surface area contributed by atoms with Gasteiger partial charge in [-0.3, -0.25) is 9.69 Å². The minimum atomic E-state index is -2.87. The third-order valence-corrected chi connectivity index (χ3v) is 7.70. The minimum absolute atomic E-state index is 0.128. The average molecular weight is 406 g/mol. The molecule has 1 atom stereocenters. The number of ether oxygens (including phenoxy) is 1. The van der Waals surface area contributed by atoms with Crippen LogP contribution in [-0.4, -0.2) is 79.5 Å². The molecule has 0 spiro atoms. The first-order chi connectivity index (χ1) is 13.5. The van der Waals surface area contributed by atoms with Gasteiger partial charge in [-0.1, -0.05) is 6.07 Å². The van der Waals surface area contributed by atoms with E-state index in [-0.39, 0.29) is 17.7 Å². The summed E-state index contributed by atoms with van der Waals surface area (Å²) in [5.74, 6) is 1.56. The van der Waals surface area contributed by atoms with Crippen LogP contribution in [0.5, 0.6) is 5.75 Å². The van der Waals surface area contributed by atoms with Gasteiger partial charge in [-0.05, 0) is 24.6 Å². The molecule has 0 radical (unpaired) electrons. The zero-order valence-electron chi connectivity index (χ0n) is 16.2. The summed E-state index contributed by atoms with van der Waals surface area (Å²) in [6, 6.07) is 8.09. The molecule has 0 bridgehead atoms. The Morgan fingerprint density at radius 1 is 1.18 bits per heavy atom. The summed E-state index contributed by atoms with van der Waals surface area (Å²) in [5, 5.41) is 1.05. The van der Waals surface area contributed by atoms with Crippen LogP contribution < -0.4 is 4.74 Å². The molecule has 0 aliphatic carbocycles. The van der Waals surface area contributed by atoms with E-state index in [0.717, 1.165) is 36.2 Å². The van der Waals surface area contributed by atoms with E-state index in [4.69, 9.17) is 4.74 Å². The largest absolute Gasteiger partial charge is 0.496 e. The molecule has 1 aromatic heterocycles. The van der Waals surface area contributed by atoms with Crippen molar-refractivity contribution in [2.45, 2.75) is 25.4 Å². The lowest BCUT2D eigenvalue weighted by Crippen LogP contribution is -2.52. The zero-order chi connectivity index (χ0) is 19.7. The predicted octanol–water partition coefficient (Wildman–Crippen LogP) is 1.37. The Labute approximate surface area is 165 Å². The first-order valence-electron chi connectivity index (χ1n) is 9.81. The minimum Gasteiger partial charge on any atom is -0.496 e. The van der Waals surface area contributed by atoms with Gasteiger partial charge in [-0.15, -0.1) is 0 Å². The van der Waals surface area contributed by atoms with Gasteiger partial charge in [-0.2, -0.15) is 0 Å². The summed E-state index contributed by atoms with van der Waals surface area (Å²) in [6.45, 7) is 3.51. The Hall–Kier alpha value is -2.06. The van der Waals surface area contributed by atoms with E-state index in [9.17, 15) is 13.2 Å². The monoisotopic (exact) mass is 405 g/mol. The van der Waals surface area contributed by atoms with E-state index >= 15 is 0 Å². The fourth-order valence-corrected chi connectivity index (χ4v) is 6.10. The van der Waals surface area contributed by atoms with Crippen LogP contribution >= 0.6 is 0 Å². The number of hydrogen-bond donors (Lipinski definition) is 0. The molecule has 7 nitrogen and oxygen atoms in total. The molecule has 1 aromatic carbocycles. The number of methoxy groups -OCH3 is 1. The number of aryl methyl sites for hydroxylation is 1. The Morgan fingerprint density at radius 2 is 1.96 bits per heavy atom. The average Bonchev–Trinajstić information content (AvgIpc) is 3.29. The number of fused-ring (bicyclic) bond motifs is 1. The molecule has 0 unspecified atom stereocenters. The predicted molar refractivity (Wildman–Crippen MR) is 108 cm³/mol. The highest BCUT2D eigenvalue weighted by Crippen LogP contribution is 2.26.